The van der Waals surface area contributed by atoms with E-state index in [9.17, 15) is 9.59 Å². The number of carbonyl (C=O) groups is 2. The van der Waals surface area contributed by atoms with E-state index in [1.807, 2.05) is 43.9 Å². The Morgan fingerprint density at radius 3 is 2.81 bits per heavy atom. The van der Waals surface area contributed by atoms with Crippen molar-refractivity contribution in [2.75, 3.05) is 11.9 Å². The molecule has 2 amide bonds. The largest absolute Gasteiger partial charge is 0.339 e. The average Bonchev–Trinajstić information content (AvgIpc) is 2.84. The molecule has 4 heteroatoms. The Bertz CT molecular complexity index is 554. The molecular weight excluding hydrogens is 264 g/mol. The number of nitrogens with zero attached hydrogens (tertiary/aromatic N) is 1. The fraction of sp³-hybridized carbons (Fsp3) is 0.529. The molecule has 0 saturated carbocycles. The molecule has 0 aliphatic carbocycles. The molecule has 1 aliphatic heterocycles. The second kappa shape index (κ2) is 6.29. The van der Waals surface area contributed by atoms with E-state index in [2.05, 4.69) is 12.2 Å². The van der Waals surface area contributed by atoms with E-state index in [0.29, 0.717) is 13.0 Å². The van der Waals surface area contributed by atoms with E-state index in [1.165, 1.54) is 0 Å². The van der Waals surface area contributed by atoms with E-state index < -0.39 is 0 Å². The summed E-state index contributed by atoms with van der Waals surface area (Å²) >= 11 is 0. The number of amides is 2. The molecule has 0 spiro atoms. The zero-order valence-corrected chi connectivity index (χ0v) is 13.3. The van der Waals surface area contributed by atoms with Crippen LogP contribution < -0.4 is 5.32 Å². The quantitative estimate of drug-likeness (QED) is 0.926. The van der Waals surface area contributed by atoms with Gasteiger partial charge in [0.1, 0.15) is 0 Å². The molecule has 4 nitrogen and oxygen atoms in total. The number of nitrogens with one attached hydrogen (secondary N) is 1. The molecule has 2 atom stereocenters. The van der Waals surface area contributed by atoms with Crippen molar-refractivity contribution in [3.05, 3.63) is 29.3 Å². The Labute approximate surface area is 126 Å². The first kappa shape index (κ1) is 15.5. The second-order valence-electron chi connectivity index (χ2n) is 6.01. The number of rotatable bonds is 4. The van der Waals surface area contributed by atoms with Crippen molar-refractivity contribution in [1.29, 1.82) is 0 Å². The van der Waals surface area contributed by atoms with Crippen molar-refractivity contribution in [3.63, 3.8) is 0 Å². The van der Waals surface area contributed by atoms with Gasteiger partial charge < -0.3 is 10.2 Å². The van der Waals surface area contributed by atoms with Gasteiger partial charge in [-0.25, -0.2) is 0 Å². The van der Waals surface area contributed by atoms with Crippen LogP contribution in [0.2, 0.25) is 0 Å². The number of hydrogen-bond donors (Lipinski definition) is 1. The summed E-state index contributed by atoms with van der Waals surface area (Å²) in [6.45, 7) is 8.59. The highest BCUT2D eigenvalue weighted by Crippen LogP contribution is 2.24. The summed E-state index contributed by atoms with van der Waals surface area (Å²) in [7, 11) is 0. The van der Waals surface area contributed by atoms with Crippen LogP contribution in [0.4, 0.5) is 5.69 Å². The molecule has 1 aromatic rings. The molecule has 0 radical (unpaired) electrons. The third-order valence-corrected chi connectivity index (χ3v) is 4.30. The minimum Gasteiger partial charge on any atom is -0.339 e. The molecule has 21 heavy (non-hydrogen) atoms. The van der Waals surface area contributed by atoms with Crippen LogP contribution in [0.25, 0.3) is 0 Å². The first-order valence-electron chi connectivity index (χ1n) is 7.60. The van der Waals surface area contributed by atoms with Gasteiger partial charge in [-0.15, -0.1) is 0 Å². The Morgan fingerprint density at radius 1 is 1.43 bits per heavy atom. The van der Waals surface area contributed by atoms with E-state index >= 15 is 0 Å². The van der Waals surface area contributed by atoms with Crippen molar-refractivity contribution >= 4 is 17.5 Å². The molecule has 2 unspecified atom stereocenters. The van der Waals surface area contributed by atoms with Crippen LogP contribution in [0.15, 0.2) is 18.2 Å². The van der Waals surface area contributed by atoms with Crippen molar-refractivity contribution in [2.24, 2.45) is 5.92 Å². The minimum absolute atomic E-state index is 0.0529. The van der Waals surface area contributed by atoms with Crippen LogP contribution in [-0.2, 0) is 9.59 Å². The maximum absolute atomic E-state index is 12.4. The Morgan fingerprint density at radius 2 is 2.14 bits per heavy atom. The fourth-order valence-electron chi connectivity index (χ4n) is 2.66. The van der Waals surface area contributed by atoms with Crippen LogP contribution >= 0.6 is 0 Å². The third kappa shape index (κ3) is 3.43. The van der Waals surface area contributed by atoms with E-state index in [0.717, 1.165) is 23.2 Å². The van der Waals surface area contributed by atoms with Crippen molar-refractivity contribution < 1.29 is 9.59 Å². The summed E-state index contributed by atoms with van der Waals surface area (Å²) in [5.74, 6) is -0.209. The van der Waals surface area contributed by atoms with Gasteiger partial charge in [-0.1, -0.05) is 19.1 Å². The van der Waals surface area contributed by atoms with Crippen LogP contribution in [0.1, 0.15) is 37.8 Å². The lowest BCUT2D eigenvalue weighted by molar-refractivity contribution is -0.129. The smallest absolute Gasteiger partial charge is 0.229 e. The summed E-state index contributed by atoms with van der Waals surface area (Å²) in [4.78, 5) is 26.2. The fourth-order valence-corrected chi connectivity index (χ4v) is 2.66. The molecule has 114 valence electrons. The van der Waals surface area contributed by atoms with E-state index in [-0.39, 0.29) is 23.8 Å². The van der Waals surface area contributed by atoms with Gasteiger partial charge in [-0.3, -0.25) is 9.59 Å². The third-order valence-electron chi connectivity index (χ3n) is 4.30. The van der Waals surface area contributed by atoms with Crippen LogP contribution in [0, 0.1) is 19.8 Å². The Hall–Kier alpha value is -1.84. The summed E-state index contributed by atoms with van der Waals surface area (Å²) in [5.41, 5.74) is 2.99. The van der Waals surface area contributed by atoms with Crippen LogP contribution in [0.5, 0.6) is 0 Å². The molecule has 1 heterocycles. The highest BCUT2D eigenvalue weighted by Gasteiger charge is 2.36. The van der Waals surface area contributed by atoms with Gasteiger partial charge in [0, 0.05) is 24.7 Å². The normalized spacial score (nSPS) is 19.7. The number of benzene rings is 1. The summed E-state index contributed by atoms with van der Waals surface area (Å²) < 4.78 is 0. The predicted molar refractivity (Wildman–Crippen MR) is 84.1 cm³/mol. The first-order chi connectivity index (χ1) is 9.92. The zero-order chi connectivity index (χ0) is 15.6. The highest BCUT2D eigenvalue weighted by atomic mass is 16.2. The Balaban J connectivity index is 2.05. The highest BCUT2D eigenvalue weighted by molar-refractivity contribution is 5.97. The van der Waals surface area contributed by atoms with Gasteiger partial charge in [0.15, 0.2) is 0 Å². The molecule has 0 aromatic heterocycles. The second-order valence-corrected chi connectivity index (χ2v) is 6.01. The van der Waals surface area contributed by atoms with Crippen LogP contribution in [-0.4, -0.2) is 29.3 Å². The van der Waals surface area contributed by atoms with Gasteiger partial charge in [-0.05, 0) is 44.4 Å². The SMILES string of the molecule is CCC(C)N1CC(C(=O)Nc2cc(C)ccc2C)CC1=O. The number of likely N-dealkylation sites (tertiary alicyclic amines) is 1. The lowest BCUT2D eigenvalue weighted by Gasteiger charge is -2.23. The maximum Gasteiger partial charge on any atom is 0.229 e. The van der Waals surface area contributed by atoms with Crippen molar-refractivity contribution in [2.45, 2.75) is 46.6 Å². The molecule has 1 aromatic carbocycles. The number of hydrogen-bond acceptors (Lipinski definition) is 2. The lowest BCUT2D eigenvalue weighted by atomic mass is 10.1. The lowest BCUT2D eigenvalue weighted by Crippen LogP contribution is -2.35. The molecule has 0 bridgehead atoms. The molecule has 1 aliphatic rings. The Kier molecular flexibility index (Phi) is 4.66. The maximum atomic E-state index is 12.4. The van der Waals surface area contributed by atoms with Gasteiger partial charge >= 0.3 is 0 Å². The monoisotopic (exact) mass is 288 g/mol. The summed E-state index contributed by atoms with van der Waals surface area (Å²) in [6.07, 6.45) is 1.23. The standard InChI is InChI=1S/C17H24N2O2/c1-5-13(4)19-10-14(9-16(19)20)17(21)18-15-8-11(2)6-7-12(15)3/h6-8,13-14H,5,9-10H2,1-4H3,(H,18,21). The predicted octanol–water partition coefficient (Wildman–Crippen LogP) is 2.89. The average molecular weight is 288 g/mol. The van der Waals surface area contributed by atoms with Crippen molar-refractivity contribution in [3.8, 4) is 0 Å². The first-order valence-corrected chi connectivity index (χ1v) is 7.60. The van der Waals surface area contributed by atoms with Gasteiger partial charge in [-0.2, -0.15) is 0 Å². The van der Waals surface area contributed by atoms with Gasteiger partial charge in [0.2, 0.25) is 11.8 Å². The van der Waals surface area contributed by atoms with Crippen LogP contribution in [0.3, 0.4) is 0 Å². The zero-order valence-electron chi connectivity index (χ0n) is 13.3. The molecule has 1 fully saturated rings. The topological polar surface area (TPSA) is 49.4 Å². The number of carbonyl (C=O) groups excluding carboxylic acids is 2. The molecule has 1 saturated heterocycles. The van der Waals surface area contributed by atoms with E-state index in [1.54, 1.807) is 0 Å². The minimum atomic E-state index is -0.244. The van der Waals surface area contributed by atoms with E-state index in [4.69, 9.17) is 0 Å². The van der Waals surface area contributed by atoms with Gasteiger partial charge in [0.05, 0.1) is 5.92 Å². The molecule has 1 N–H and O–H groups in total. The molecule has 2 rings (SSSR count). The number of anilines is 1. The van der Waals surface area contributed by atoms with Crippen molar-refractivity contribution in [1.82, 2.24) is 4.90 Å². The molecular formula is C17H24N2O2. The van der Waals surface area contributed by atoms with Gasteiger partial charge in [0.25, 0.3) is 0 Å². The number of aryl methyl sites for hydroxylation is 2. The summed E-state index contributed by atoms with van der Waals surface area (Å²) in [6, 6.07) is 6.19. The summed E-state index contributed by atoms with van der Waals surface area (Å²) in [5, 5.41) is 2.97.